The van der Waals surface area contributed by atoms with Gasteiger partial charge in [0.25, 0.3) is 0 Å². The zero-order chi connectivity index (χ0) is 26.7. The Morgan fingerprint density at radius 3 is 1.55 bits per heavy atom. The number of hydrogen-bond donors (Lipinski definition) is 1. The minimum absolute atomic E-state index is 0.00753. The first kappa shape index (κ1) is 30.1. The van der Waals surface area contributed by atoms with E-state index in [0.29, 0.717) is 19.7 Å². The van der Waals surface area contributed by atoms with E-state index in [1.165, 1.54) is 41.5 Å². The smallest absolute Gasteiger partial charge is 0.157 e. The molecule has 2 heterocycles. The third-order valence-electron chi connectivity index (χ3n) is 6.71. The predicted molar refractivity (Wildman–Crippen MR) is 150 cm³/mol. The predicted octanol–water partition coefficient (Wildman–Crippen LogP) is 5.90. The van der Waals surface area contributed by atoms with Crippen LogP contribution in [0.15, 0.2) is 53.6 Å². The van der Waals surface area contributed by atoms with Gasteiger partial charge in [0, 0.05) is 24.7 Å². The summed E-state index contributed by atoms with van der Waals surface area (Å²) in [4.78, 5) is 2.75. The lowest BCUT2D eigenvalue weighted by Gasteiger charge is -2.22. The average molecular weight is 525 g/mol. The van der Waals surface area contributed by atoms with E-state index in [9.17, 15) is 0 Å². The van der Waals surface area contributed by atoms with E-state index in [4.69, 9.17) is 30.2 Å². The molecule has 208 valence electrons. The van der Waals surface area contributed by atoms with E-state index >= 15 is 0 Å². The molecular weight excluding hydrogens is 480 g/mol. The molecule has 0 radical (unpaired) electrons. The van der Waals surface area contributed by atoms with Crippen molar-refractivity contribution in [2.45, 2.75) is 76.8 Å². The summed E-state index contributed by atoms with van der Waals surface area (Å²) in [5, 5.41) is 3.54. The lowest BCUT2D eigenvalue weighted by atomic mass is 10.1. The van der Waals surface area contributed by atoms with Gasteiger partial charge in [0.15, 0.2) is 12.6 Å². The lowest BCUT2D eigenvalue weighted by Crippen LogP contribution is -2.23. The van der Waals surface area contributed by atoms with Crippen LogP contribution >= 0.6 is 0 Å². The Kier molecular flexibility index (Phi) is 14.8. The van der Waals surface area contributed by atoms with E-state index in [2.05, 4.69) is 58.6 Å². The van der Waals surface area contributed by atoms with Gasteiger partial charge in [-0.25, -0.2) is 0 Å². The summed E-state index contributed by atoms with van der Waals surface area (Å²) in [5.41, 5.74) is 18.8. The molecule has 0 aromatic heterocycles. The average Bonchev–Trinajstić information content (AvgIpc) is 2.97. The largest absolute Gasteiger partial charge is 0.353 e. The topological polar surface area (TPSA) is 112 Å². The van der Waals surface area contributed by atoms with Crippen molar-refractivity contribution >= 4 is 0 Å². The number of azide groups is 1. The van der Waals surface area contributed by atoms with Crippen LogP contribution in [0.5, 0.6) is 0 Å². The molecule has 0 saturated carbocycles. The first-order valence-electron chi connectivity index (χ1n) is 14.1. The molecule has 8 heteroatoms. The summed E-state index contributed by atoms with van der Waals surface area (Å²) in [6.07, 6.45) is 10.4. The Morgan fingerprint density at radius 2 is 1.16 bits per heavy atom. The van der Waals surface area contributed by atoms with E-state index in [0.717, 1.165) is 64.8 Å². The molecule has 0 aliphatic carbocycles. The van der Waals surface area contributed by atoms with Gasteiger partial charge in [0.1, 0.15) is 0 Å². The standard InChI is InChI=1S/C15H21N3O2.C15H23NO2/c16-18-17-10-8-13-4-6-14(7-5-13)9-12-20-15-3-1-2-11-19-15;16-10-8-13-4-6-14(7-5-13)9-12-18-15-3-1-2-11-17-15/h4-7,15H,1-3,8-12H2;4-7,15H,1-3,8-12,16H2. The first-order chi connectivity index (χ1) is 18.8. The van der Waals surface area contributed by atoms with Gasteiger partial charge in [0.05, 0.1) is 13.2 Å². The molecule has 0 bridgehead atoms. The summed E-state index contributed by atoms with van der Waals surface area (Å²) in [6.45, 7) is 4.33. The van der Waals surface area contributed by atoms with Crippen LogP contribution < -0.4 is 5.73 Å². The monoisotopic (exact) mass is 524 g/mol. The Hall–Kier alpha value is -2.45. The Balaban J connectivity index is 0.000000212. The van der Waals surface area contributed by atoms with Gasteiger partial charge >= 0.3 is 0 Å². The molecule has 8 nitrogen and oxygen atoms in total. The Morgan fingerprint density at radius 1 is 0.711 bits per heavy atom. The molecule has 2 aliphatic heterocycles. The maximum atomic E-state index is 8.23. The highest BCUT2D eigenvalue weighted by Crippen LogP contribution is 2.15. The molecule has 0 spiro atoms. The van der Waals surface area contributed by atoms with E-state index in [-0.39, 0.29) is 12.6 Å². The molecule has 2 fully saturated rings. The van der Waals surface area contributed by atoms with Crippen molar-refractivity contribution in [3.63, 3.8) is 0 Å². The minimum Gasteiger partial charge on any atom is -0.353 e. The maximum absolute atomic E-state index is 8.23. The van der Waals surface area contributed by atoms with Crippen LogP contribution in [0.3, 0.4) is 0 Å². The highest BCUT2D eigenvalue weighted by molar-refractivity contribution is 5.23. The second kappa shape index (κ2) is 18.7. The van der Waals surface area contributed by atoms with Crippen LogP contribution in [-0.4, -0.2) is 52.1 Å². The first-order valence-corrected chi connectivity index (χ1v) is 14.1. The molecule has 2 aliphatic rings. The van der Waals surface area contributed by atoms with Crippen LogP contribution in [0, 0.1) is 0 Å². The van der Waals surface area contributed by atoms with Crippen molar-refractivity contribution in [2.75, 3.05) is 39.5 Å². The van der Waals surface area contributed by atoms with Crippen molar-refractivity contribution in [3.05, 3.63) is 81.2 Å². The van der Waals surface area contributed by atoms with Gasteiger partial charge in [-0.2, -0.15) is 0 Å². The molecule has 2 N–H and O–H groups in total. The molecule has 4 rings (SSSR count). The van der Waals surface area contributed by atoms with Crippen LogP contribution in [0.4, 0.5) is 0 Å². The number of benzene rings is 2. The molecule has 38 heavy (non-hydrogen) atoms. The van der Waals surface area contributed by atoms with Gasteiger partial charge in [-0.1, -0.05) is 53.6 Å². The van der Waals surface area contributed by atoms with Crippen LogP contribution in [0.1, 0.15) is 60.8 Å². The van der Waals surface area contributed by atoms with Gasteiger partial charge in [-0.05, 0) is 98.5 Å². The van der Waals surface area contributed by atoms with Crippen molar-refractivity contribution in [2.24, 2.45) is 10.8 Å². The Bertz CT molecular complexity index is 920. The molecule has 2 aromatic rings. The number of nitrogens with zero attached hydrogens (tertiary/aromatic N) is 3. The summed E-state index contributed by atoms with van der Waals surface area (Å²) in [7, 11) is 0. The number of rotatable bonds is 13. The molecule has 2 saturated heterocycles. The van der Waals surface area contributed by atoms with Crippen LogP contribution in [-0.2, 0) is 44.6 Å². The molecule has 2 unspecified atom stereocenters. The van der Waals surface area contributed by atoms with Crippen molar-refractivity contribution in [1.82, 2.24) is 0 Å². The maximum Gasteiger partial charge on any atom is 0.157 e. The van der Waals surface area contributed by atoms with Crippen LogP contribution in [0.25, 0.3) is 10.4 Å². The molecule has 2 atom stereocenters. The number of hydrogen-bond acceptors (Lipinski definition) is 6. The van der Waals surface area contributed by atoms with Gasteiger partial charge in [0.2, 0.25) is 0 Å². The van der Waals surface area contributed by atoms with Crippen molar-refractivity contribution in [1.29, 1.82) is 0 Å². The SMILES string of the molecule is NCCc1ccc(CCOC2CCCCO2)cc1.[N-]=[N+]=NCCc1ccc(CCOC2CCCCO2)cc1. The van der Waals surface area contributed by atoms with Crippen LogP contribution in [0.2, 0.25) is 0 Å². The van der Waals surface area contributed by atoms with Gasteiger partial charge in [-0.3, -0.25) is 0 Å². The number of ether oxygens (including phenoxy) is 4. The van der Waals surface area contributed by atoms with Crippen molar-refractivity contribution < 1.29 is 18.9 Å². The normalized spacial score (nSPS) is 19.2. The third kappa shape index (κ3) is 12.4. The second-order valence-electron chi connectivity index (χ2n) is 9.71. The second-order valence-corrected chi connectivity index (χ2v) is 9.71. The summed E-state index contributed by atoms with van der Waals surface area (Å²) >= 11 is 0. The Labute approximate surface area is 227 Å². The van der Waals surface area contributed by atoms with Gasteiger partial charge < -0.3 is 24.7 Å². The minimum atomic E-state index is -0.00753. The van der Waals surface area contributed by atoms with E-state index < -0.39 is 0 Å². The van der Waals surface area contributed by atoms with Crippen molar-refractivity contribution in [3.8, 4) is 0 Å². The summed E-state index contributed by atoms with van der Waals surface area (Å²) in [5.74, 6) is 0. The third-order valence-corrected chi connectivity index (χ3v) is 6.71. The van der Waals surface area contributed by atoms with E-state index in [1.807, 2.05) is 0 Å². The number of nitrogens with two attached hydrogens (primary N) is 1. The highest BCUT2D eigenvalue weighted by Gasteiger charge is 2.14. The summed E-state index contributed by atoms with van der Waals surface area (Å²) < 4.78 is 22.5. The fourth-order valence-electron chi connectivity index (χ4n) is 4.44. The quantitative estimate of drug-likeness (QED) is 0.199. The highest BCUT2D eigenvalue weighted by atomic mass is 16.7. The zero-order valence-electron chi connectivity index (χ0n) is 22.6. The van der Waals surface area contributed by atoms with E-state index in [1.54, 1.807) is 0 Å². The zero-order valence-corrected chi connectivity index (χ0v) is 22.6. The molecule has 0 amide bonds. The fourth-order valence-corrected chi connectivity index (χ4v) is 4.44. The van der Waals surface area contributed by atoms with Gasteiger partial charge in [-0.15, -0.1) is 0 Å². The lowest BCUT2D eigenvalue weighted by molar-refractivity contribution is -0.161. The fraction of sp³-hybridized carbons (Fsp3) is 0.600. The summed E-state index contributed by atoms with van der Waals surface area (Å²) in [6, 6.07) is 17.0. The molecular formula is C30H44N4O4. The molecule has 2 aromatic carbocycles.